The topological polar surface area (TPSA) is 90.5 Å². The van der Waals surface area contributed by atoms with E-state index >= 15 is 0 Å². The molecule has 2 heterocycles. The quantitative estimate of drug-likeness (QED) is 0.812. The highest BCUT2D eigenvalue weighted by Crippen LogP contribution is 2.39. The highest BCUT2D eigenvalue weighted by molar-refractivity contribution is 8.11. The van der Waals surface area contributed by atoms with Crippen molar-refractivity contribution in [1.29, 1.82) is 5.26 Å². The van der Waals surface area contributed by atoms with Crippen LogP contribution in [0.4, 0.5) is 0 Å². The maximum Gasteiger partial charge on any atom is 0.114 e. The van der Waals surface area contributed by atoms with E-state index in [1.165, 1.54) is 11.8 Å². The summed E-state index contributed by atoms with van der Waals surface area (Å²) in [4.78, 5) is 0.859. The molecule has 7 heteroatoms. The first-order chi connectivity index (χ1) is 9.60. The molecule has 3 rings (SSSR count). The van der Waals surface area contributed by atoms with Gasteiger partial charge in [0.05, 0.1) is 23.5 Å². The number of benzene rings is 1. The van der Waals surface area contributed by atoms with Crippen LogP contribution in [-0.2, 0) is 15.5 Å². The van der Waals surface area contributed by atoms with Crippen LogP contribution in [0.25, 0.3) is 0 Å². The van der Waals surface area contributed by atoms with Crippen LogP contribution in [0.5, 0.6) is 0 Å². The van der Waals surface area contributed by atoms with Gasteiger partial charge in [0.25, 0.3) is 0 Å². The molecule has 0 unspecified atom stereocenters. The van der Waals surface area contributed by atoms with E-state index in [0.29, 0.717) is 5.56 Å². The predicted molar refractivity (Wildman–Crippen MR) is 74.5 cm³/mol. The van der Waals surface area contributed by atoms with Crippen LogP contribution in [0, 0.1) is 11.3 Å². The van der Waals surface area contributed by atoms with Gasteiger partial charge in [0, 0.05) is 15.7 Å². The number of thioether (sulfide) groups is 1. The van der Waals surface area contributed by atoms with Gasteiger partial charge in [-0.1, -0.05) is 0 Å². The molecule has 0 aliphatic carbocycles. The average molecular weight is 311 g/mol. The van der Waals surface area contributed by atoms with Gasteiger partial charge in [-0.3, -0.25) is 4.21 Å². The number of fused-ring (bicyclic) bond motifs is 2. The van der Waals surface area contributed by atoms with Gasteiger partial charge in [0.15, 0.2) is 0 Å². The number of aliphatic hydroxyl groups excluding tert-OH is 2. The second-order valence-corrected chi connectivity index (χ2v) is 7.91. The largest absolute Gasteiger partial charge is 0.388 e. The molecule has 0 amide bonds. The van der Waals surface area contributed by atoms with Crippen LogP contribution in [0.3, 0.4) is 0 Å². The maximum atomic E-state index is 12.2. The smallest absolute Gasteiger partial charge is 0.114 e. The SMILES string of the molecule is N#Cc1ccc(S[C@@H]2[C@@H]3O[C@H](C[S@@]2=O)[C@@H](O)[C@@H]3O)cc1. The lowest BCUT2D eigenvalue weighted by molar-refractivity contribution is 0.0211. The van der Waals surface area contributed by atoms with E-state index in [0.717, 1.165) is 4.90 Å². The van der Waals surface area contributed by atoms with Crippen molar-refractivity contribution in [1.82, 2.24) is 0 Å². The molecule has 5 nitrogen and oxygen atoms in total. The zero-order valence-corrected chi connectivity index (χ0v) is 12.0. The van der Waals surface area contributed by atoms with Gasteiger partial charge in [-0.25, -0.2) is 0 Å². The lowest BCUT2D eigenvalue weighted by Crippen LogP contribution is -2.40. The highest BCUT2D eigenvalue weighted by atomic mass is 32.2. The molecule has 2 saturated heterocycles. The van der Waals surface area contributed by atoms with Crippen LogP contribution in [0.15, 0.2) is 29.2 Å². The standard InChI is InChI=1S/C13H13NO4S2/c14-5-7-1-3-8(4-2-7)19-13-12-11(16)10(15)9(18-12)6-20(13)17/h1-4,9-13,15-16H,6H2/t9-,10-,11+,12-,13+,20+/m1/s1. The maximum absolute atomic E-state index is 12.2. The number of hydrogen-bond acceptors (Lipinski definition) is 6. The molecular formula is C13H13NO4S2. The summed E-state index contributed by atoms with van der Waals surface area (Å²) in [6.07, 6.45) is -3.11. The Morgan fingerprint density at radius 3 is 2.65 bits per heavy atom. The first-order valence-corrected chi connectivity index (χ1v) is 8.42. The Morgan fingerprint density at radius 1 is 1.30 bits per heavy atom. The van der Waals surface area contributed by atoms with E-state index < -0.39 is 39.8 Å². The van der Waals surface area contributed by atoms with E-state index in [1.54, 1.807) is 24.3 Å². The summed E-state index contributed by atoms with van der Waals surface area (Å²) < 4.78 is 17.4. The van der Waals surface area contributed by atoms with Crippen molar-refractivity contribution >= 4 is 22.6 Å². The molecule has 1 aromatic carbocycles. The van der Waals surface area contributed by atoms with Crippen molar-refractivity contribution in [2.75, 3.05) is 5.75 Å². The van der Waals surface area contributed by atoms with Crippen molar-refractivity contribution in [3.05, 3.63) is 29.8 Å². The second kappa shape index (κ2) is 5.47. The Labute approximate surface area is 123 Å². The van der Waals surface area contributed by atoms with Gasteiger partial charge in [0.2, 0.25) is 0 Å². The molecule has 0 spiro atoms. The normalized spacial score (nSPS) is 39.5. The molecule has 2 fully saturated rings. The molecule has 2 aliphatic rings. The summed E-state index contributed by atoms with van der Waals surface area (Å²) in [6.45, 7) is 0. The Morgan fingerprint density at radius 2 is 2.00 bits per heavy atom. The van der Waals surface area contributed by atoms with Crippen molar-refractivity contribution in [2.24, 2.45) is 0 Å². The summed E-state index contributed by atoms with van der Waals surface area (Å²) in [6, 6.07) is 8.99. The van der Waals surface area contributed by atoms with E-state index in [1.807, 2.05) is 6.07 Å². The number of rotatable bonds is 2. The van der Waals surface area contributed by atoms with Crippen LogP contribution in [0.2, 0.25) is 0 Å². The Kier molecular flexibility index (Phi) is 3.84. The number of aliphatic hydroxyl groups is 2. The summed E-state index contributed by atoms with van der Waals surface area (Å²) in [5, 5.41) is 28.5. The third-order valence-electron chi connectivity index (χ3n) is 3.49. The lowest BCUT2D eigenvalue weighted by atomic mass is 10.1. The highest BCUT2D eigenvalue weighted by Gasteiger charge is 2.53. The van der Waals surface area contributed by atoms with Crippen LogP contribution in [0.1, 0.15) is 5.56 Å². The van der Waals surface area contributed by atoms with Crippen LogP contribution < -0.4 is 0 Å². The predicted octanol–water partition coefficient (Wildman–Crippen LogP) is 0.228. The van der Waals surface area contributed by atoms with Gasteiger partial charge in [-0.15, -0.1) is 11.8 Å². The molecule has 106 valence electrons. The molecule has 1 aromatic rings. The van der Waals surface area contributed by atoms with Gasteiger partial charge in [-0.2, -0.15) is 5.26 Å². The van der Waals surface area contributed by atoms with E-state index in [9.17, 15) is 14.4 Å². The average Bonchev–Trinajstić information content (AvgIpc) is 2.70. The zero-order valence-electron chi connectivity index (χ0n) is 10.4. The Balaban J connectivity index is 1.79. The summed E-state index contributed by atoms with van der Waals surface area (Å²) in [7, 11) is -1.17. The minimum Gasteiger partial charge on any atom is -0.388 e. The summed E-state index contributed by atoms with van der Waals surface area (Å²) in [5.41, 5.74) is 0.562. The molecule has 2 aliphatic heterocycles. The molecular weight excluding hydrogens is 298 g/mol. The fraction of sp³-hybridized carbons (Fsp3) is 0.462. The fourth-order valence-corrected chi connectivity index (χ4v) is 5.64. The molecule has 6 atom stereocenters. The van der Waals surface area contributed by atoms with Crippen LogP contribution >= 0.6 is 11.8 Å². The molecule has 20 heavy (non-hydrogen) atoms. The molecule has 2 N–H and O–H groups in total. The lowest BCUT2D eigenvalue weighted by Gasteiger charge is -2.28. The number of nitrogens with zero attached hydrogens (tertiary/aromatic N) is 1. The van der Waals surface area contributed by atoms with Crippen LogP contribution in [-0.4, -0.2) is 49.2 Å². The van der Waals surface area contributed by atoms with E-state index in [4.69, 9.17) is 10.00 Å². The fourth-order valence-electron chi connectivity index (χ4n) is 2.41. The number of ether oxygens (including phenoxy) is 1. The van der Waals surface area contributed by atoms with Crippen molar-refractivity contribution in [2.45, 2.75) is 33.9 Å². The summed E-state index contributed by atoms with van der Waals surface area (Å²) >= 11 is 1.35. The zero-order chi connectivity index (χ0) is 14.3. The van der Waals surface area contributed by atoms with Gasteiger partial charge >= 0.3 is 0 Å². The number of hydrogen-bond donors (Lipinski definition) is 2. The van der Waals surface area contributed by atoms with Crippen molar-refractivity contribution < 1.29 is 19.2 Å². The Hall–Kier alpha value is -0.910. The van der Waals surface area contributed by atoms with Crippen molar-refractivity contribution in [3.63, 3.8) is 0 Å². The third-order valence-corrected chi connectivity index (χ3v) is 6.91. The Bertz CT molecular complexity index is 571. The number of nitriles is 1. The van der Waals surface area contributed by atoms with E-state index in [2.05, 4.69) is 0 Å². The van der Waals surface area contributed by atoms with Gasteiger partial charge < -0.3 is 14.9 Å². The molecule has 2 bridgehead atoms. The monoisotopic (exact) mass is 311 g/mol. The minimum atomic E-state index is -1.17. The van der Waals surface area contributed by atoms with Gasteiger partial charge in [0.1, 0.15) is 22.9 Å². The third kappa shape index (κ3) is 2.38. The first kappa shape index (κ1) is 14.0. The minimum absolute atomic E-state index is 0.239. The van der Waals surface area contributed by atoms with E-state index in [-0.39, 0.29) is 5.75 Å². The second-order valence-electron chi connectivity index (χ2n) is 4.79. The van der Waals surface area contributed by atoms with Crippen molar-refractivity contribution in [3.8, 4) is 6.07 Å². The molecule has 0 saturated carbocycles. The molecule has 0 aromatic heterocycles. The molecule has 0 radical (unpaired) electrons. The summed E-state index contributed by atoms with van der Waals surface area (Å²) in [5.74, 6) is 0.239. The van der Waals surface area contributed by atoms with Gasteiger partial charge in [-0.05, 0) is 24.3 Å². The first-order valence-electron chi connectivity index (χ1n) is 6.16.